The Kier molecular flexibility index (Phi) is 10.6. The van der Waals surface area contributed by atoms with Gasteiger partial charge in [0.05, 0.1) is 22.7 Å². The number of aliphatic hydroxyl groups is 2. The van der Waals surface area contributed by atoms with Gasteiger partial charge in [-0.3, -0.25) is 19.2 Å². The molecule has 5 unspecified atom stereocenters. The molecule has 8 atom stereocenters. The number of ketones is 1. The number of allylic oxidation sites excluding steroid dienone is 1. The van der Waals surface area contributed by atoms with Crippen molar-refractivity contribution in [2.75, 3.05) is 0 Å². The average molecular weight is 615 g/mol. The molecule has 0 radical (unpaired) electrons. The van der Waals surface area contributed by atoms with E-state index in [1.807, 2.05) is 0 Å². The largest absolute Gasteiger partial charge is 0.462 e. The van der Waals surface area contributed by atoms with E-state index in [1.165, 1.54) is 45.9 Å². The number of carbonyl (C=O) groups excluding carboxylic acids is 5. The van der Waals surface area contributed by atoms with E-state index in [9.17, 15) is 34.2 Å². The molecule has 0 heterocycles. The van der Waals surface area contributed by atoms with Gasteiger partial charge in [-0.1, -0.05) is 31.7 Å². The minimum atomic E-state index is -1.62. The van der Waals surface area contributed by atoms with Gasteiger partial charge in [-0.2, -0.15) is 0 Å². The quantitative estimate of drug-likeness (QED) is 0.275. The number of fused-ring (bicyclic) bond motifs is 1. The standard InChI is InChI=1S/C33H42O11/c1-17-14-26(44-31(39)22-12-10-9-11-13-22)30(43-21(5)36)33(8)27(41-19(3)34)16-25(38)18(2)28(33)29(42-20(4)35)23(15-24(17)37)32(6,7)40/h9-14,23,25-30,38,40H,2,15-16H2,1,3-8H3/b17-14+/t23-,25?,26?,27?,28+,29?,30?,33-/m1/s1. The number of ether oxygens (including phenoxy) is 4. The molecule has 0 aromatic heterocycles. The maximum Gasteiger partial charge on any atom is 0.338 e. The molecular formula is C33H42O11. The summed E-state index contributed by atoms with van der Waals surface area (Å²) in [6.07, 6.45) is -5.82. The van der Waals surface area contributed by atoms with E-state index in [2.05, 4.69) is 6.58 Å². The molecule has 2 N–H and O–H groups in total. The van der Waals surface area contributed by atoms with Gasteiger partial charge in [0.1, 0.15) is 12.2 Å². The molecule has 240 valence electrons. The highest BCUT2D eigenvalue weighted by Gasteiger charge is 2.63. The van der Waals surface area contributed by atoms with Crippen molar-refractivity contribution in [3.05, 3.63) is 59.7 Å². The predicted molar refractivity (Wildman–Crippen MR) is 157 cm³/mol. The molecule has 0 spiro atoms. The van der Waals surface area contributed by atoms with Crippen LogP contribution in [0.2, 0.25) is 0 Å². The number of hydrogen-bond donors (Lipinski definition) is 2. The van der Waals surface area contributed by atoms with Crippen molar-refractivity contribution < 1.29 is 53.1 Å². The molecule has 1 fully saturated rings. The summed E-state index contributed by atoms with van der Waals surface area (Å²) in [5.41, 5.74) is -2.77. The van der Waals surface area contributed by atoms with E-state index in [0.717, 1.165) is 13.8 Å². The summed E-state index contributed by atoms with van der Waals surface area (Å²) in [4.78, 5) is 64.8. The molecule has 3 rings (SSSR count). The molecule has 11 nitrogen and oxygen atoms in total. The first kappa shape index (κ1) is 34.7. The zero-order valence-corrected chi connectivity index (χ0v) is 26.2. The van der Waals surface area contributed by atoms with E-state index in [1.54, 1.807) is 25.1 Å². The normalized spacial score (nSPS) is 32.3. The van der Waals surface area contributed by atoms with Crippen molar-refractivity contribution in [3.63, 3.8) is 0 Å². The van der Waals surface area contributed by atoms with Gasteiger partial charge < -0.3 is 29.2 Å². The first-order chi connectivity index (χ1) is 20.4. The van der Waals surface area contributed by atoms with Crippen molar-refractivity contribution in [1.29, 1.82) is 0 Å². The van der Waals surface area contributed by atoms with Gasteiger partial charge in [-0.05, 0) is 50.1 Å². The fourth-order valence-electron chi connectivity index (χ4n) is 6.43. The molecule has 1 saturated carbocycles. The maximum atomic E-state index is 13.6. The second-order valence-corrected chi connectivity index (χ2v) is 12.3. The van der Waals surface area contributed by atoms with Crippen molar-refractivity contribution >= 4 is 29.7 Å². The lowest BCUT2D eigenvalue weighted by molar-refractivity contribution is -0.217. The zero-order chi connectivity index (χ0) is 33.1. The van der Waals surface area contributed by atoms with Crippen molar-refractivity contribution in [1.82, 2.24) is 0 Å². The van der Waals surface area contributed by atoms with Crippen LogP contribution in [0, 0.1) is 17.3 Å². The molecule has 2 aliphatic rings. The van der Waals surface area contributed by atoms with E-state index in [0.29, 0.717) is 0 Å². The lowest BCUT2D eigenvalue weighted by Gasteiger charge is -2.56. The lowest BCUT2D eigenvalue weighted by Crippen LogP contribution is -2.65. The van der Waals surface area contributed by atoms with Crippen LogP contribution in [0.15, 0.2) is 54.1 Å². The van der Waals surface area contributed by atoms with Gasteiger partial charge in [0.15, 0.2) is 18.0 Å². The molecule has 11 heteroatoms. The molecular weight excluding hydrogens is 572 g/mol. The Morgan fingerprint density at radius 3 is 2.05 bits per heavy atom. The zero-order valence-electron chi connectivity index (χ0n) is 26.2. The summed E-state index contributed by atoms with van der Waals surface area (Å²) >= 11 is 0. The van der Waals surface area contributed by atoms with Gasteiger partial charge in [0.25, 0.3) is 0 Å². The second kappa shape index (κ2) is 13.4. The van der Waals surface area contributed by atoms with E-state index in [4.69, 9.17) is 18.9 Å². The van der Waals surface area contributed by atoms with E-state index < -0.39 is 83.0 Å². The molecule has 1 aromatic carbocycles. The SMILES string of the molecule is C=C1C(O)CC(OC(C)=O)[C@@]2(C)C(OC(C)=O)C(OC(=O)c3ccccc3)/C=C(\C)C(=O)C[C@@H](C(C)(C)O)C(OC(C)=O)[C@H]12. The molecule has 44 heavy (non-hydrogen) atoms. The molecule has 0 bridgehead atoms. The average Bonchev–Trinajstić information content (AvgIpc) is 2.91. The number of esters is 4. The van der Waals surface area contributed by atoms with Crippen LogP contribution in [0.5, 0.6) is 0 Å². The van der Waals surface area contributed by atoms with Crippen LogP contribution in [0.3, 0.4) is 0 Å². The number of rotatable bonds is 6. The van der Waals surface area contributed by atoms with Crippen LogP contribution in [0.4, 0.5) is 0 Å². The fourth-order valence-corrected chi connectivity index (χ4v) is 6.43. The Morgan fingerprint density at radius 2 is 1.52 bits per heavy atom. The summed E-state index contributed by atoms with van der Waals surface area (Å²) < 4.78 is 23.5. The minimum Gasteiger partial charge on any atom is -0.462 e. The van der Waals surface area contributed by atoms with Crippen molar-refractivity contribution in [2.24, 2.45) is 17.3 Å². The molecule has 0 aliphatic heterocycles. The van der Waals surface area contributed by atoms with Gasteiger partial charge in [-0.25, -0.2) is 4.79 Å². The monoisotopic (exact) mass is 614 g/mol. The van der Waals surface area contributed by atoms with Crippen LogP contribution in [-0.2, 0) is 38.1 Å². The highest BCUT2D eigenvalue weighted by Crippen LogP contribution is 2.54. The second-order valence-electron chi connectivity index (χ2n) is 12.3. The number of hydrogen-bond acceptors (Lipinski definition) is 11. The van der Waals surface area contributed by atoms with Gasteiger partial charge in [0.2, 0.25) is 0 Å². The summed E-state index contributed by atoms with van der Waals surface area (Å²) in [7, 11) is 0. The number of benzene rings is 1. The van der Waals surface area contributed by atoms with Gasteiger partial charge in [0, 0.05) is 45.4 Å². The van der Waals surface area contributed by atoms with Gasteiger partial charge >= 0.3 is 23.9 Å². The summed E-state index contributed by atoms with van der Waals surface area (Å²) in [6, 6.07) is 8.05. The Hall–Kier alpha value is -3.83. The van der Waals surface area contributed by atoms with E-state index >= 15 is 0 Å². The van der Waals surface area contributed by atoms with Crippen LogP contribution in [-0.4, -0.2) is 76.0 Å². The lowest BCUT2D eigenvalue weighted by atomic mass is 9.54. The van der Waals surface area contributed by atoms with Crippen LogP contribution in [0.1, 0.15) is 71.7 Å². The first-order valence-electron chi connectivity index (χ1n) is 14.5. The van der Waals surface area contributed by atoms with Crippen molar-refractivity contribution in [2.45, 2.75) is 97.4 Å². The predicted octanol–water partition coefficient (Wildman–Crippen LogP) is 3.26. The molecule has 0 saturated heterocycles. The first-order valence-corrected chi connectivity index (χ1v) is 14.5. The third-order valence-electron chi connectivity index (χ3n) is 8.59. The van der Waals surface area contributed by atoms with Gasteiger partial charge in [-0.15, -0.1) is 0 Å². The number of carbonyl (C=O) groups is 5. The fraction of sp³-hybridized carbons (Fsp3) is 0.545. The highest BCUT2D eigenvalue weighted by molar-refractivity contribution is 5.95. The third-order valence-corrected chi connectivity index (χ3v) is 8.59. The Balaban J connectivity index is 2.43. The summed E-state index contributed by atoms with van der Waals surface area (Å²) in [5, 5.41) is 22.6. The van der Waals surface area contributed by atoms with Crippen molar-refractivity contribution in [3.8, 4) is 0 Å². The minimum absolute atomic E-state index is 0.129. The Morgan fingerprint density at radius 1 is 0.955 bits per heavy atom. The topological polar surface area (TPSA) is 163 Å². The molecule has 0 amide bonds. The Labute approximate surface area is 257 Å². The maximum absolute atomic E-state index is 13.6. The highest BCUT2D eigenvalue weighted by atomic mass is 16.6. The van der Waals surface area contributed by atoms with Crippen LogP contribution >= 0.6 is 0 Å². The number of aliphatic hydroxyl groups excluding tert-OH is 1. The van der Waals surface area contributed by atoms with E-state index in [-0.39, 0.29) is 29.6 Å². The summed E-state index contributed by atoms with van der Waals surface area (Å²) in [6.45, 7) is 13.6. The Bertz CT molecular complexity index is 1320. The summed E-state index contributed by atoms with van der Waals surface area (Å²) in [5.74, 6) is -5.74. The molecule has 2 aliphatic carbocycles. The van der Waals surface area contributed by atoms with Crippen LogP contribution < -0.4 is 0 Å². The van der Waals surface area contributed by atoms with Crippen LogP contribution in [0.25, 0.3) is 0 Å². The smallest absolute Gasteiger partial charge is 0.338 e. The number of Topliss-reactive ketones (excluding diaryl/α,β-unsaturated/α-hetero) is 1. The molecule has 1 aromatic rings. The third kappa shape index (κ3) is 7.44.